The van der Waals surface area contributed by atoms with Gasteiger partial charge in [0.15, 0.2) is 0 Å². The zero-order valence-electron chi connectivity index (χ0n) is 13.3. The Labute approximate surface area is 140 Å². The molecule has 4 nitrogen and oxygen atoms in total. The summed E-state index contributed by atoms with van der Waals surface area (Å²) in [5.41, 5.74) is 5.91. The van der Waals surface area contributed by atoms with Crippen molar-refractivity contribution in [3.63, 3.8) is 0 Å². The molecule has 0 atom stereocenters. The Morgan fingerprint density at radius 3 is 2.62 bits per heavy atom. The largest absolute Gasteiger partial charge is 0.478 e. The van der Waals surface area contributed by atoms with Crippen molar-refractivity contribution >= 4 is 5.97 Å². The second-order valence-electron chi connectivity index (χ2n) is 6.15. The van der Waals surface area contributed by atoms with Gasteiger partial charge < -0.3 is 9.67 Å². The summed E-state index contributed by atoms with van der Waals surface area (Å²) < 4.78 is 2.18. The molecular formula is C20H18N2O2. The summed E-state index contributed by atoms with van der Waals surface area (Å²) in [5.74, 6) is -0.952. The molecule has 0 amide bonds. The molecule has 120 valence electrons. The van der Waals surface area contributed by atoms with E-state index in [1.165, 1.54) is 23.9 Å². The highest BCUT2D eigenvalue weighted by Crippen LogP contribution is 2.33. The van der Waals surface area contributed by atoms with Gasteiger partial charge in [-0.2, -0.15) is 0 Å². The number of aryl methyl sites for hydroxylation is 1. The Morgan fingerprint density at radius 1 is 1.04 bits per heavy atom. The first-order valence-corrected chi connectivity index (χ1v) is 8.21. The number of carboxylic acids is 1. The maximum atomic E-state index is 11.3. The standard InChI is InChI=1S/C20H18N2O2/c23-20(24)16-10-17(13-21-12-16)22-18-9-5-4-8-15(18)11-19(22)14-6-2-1-3-7-14/h1-3,6-7,10-13H,4-5,8-9H2,(H,23,24). The van der Waals surface area contributed by atoms with E-state index in [2.05, 4.69) is 27.8 Å². The highest BCUT2D eigenvalue weighted by molar-refractivity contribution is 5.88. The van der Waals surface area contributed by atoms with Crippen molar-refractivity contribution in [3.8, 4) is 16.9 Å². The fourth-order valence-corrected chi connectivity index (χ4v) is 3.48. The Bertz CT molecular complexity index is 897. The topological polar surface area (TPSA) is 55.1 Å². The molecule has 0 spiro atoms. The van der Waals surface area contributed by atoms with Crippen molar-refractivity contribution in [1.82, 2.24) is 9.55 Å². The molecule has 0 unspecified atom stereocenters. The average Bonchev–Trinajstić information content (AvgIpc) is 3.02. The molecule has 1 N–H and O–H groups in total. The molecule has 0 fully saturated rings. The van der Waals surface area contributed by atoms with Crippen LogP contribution in [0.3, 0.4) is 0 Å². The predicted molar refractivity (Wildman–Crippen MR) is 92.6 cm³/mol. The maximum Gasteiger partial charge on any atom is 0.337 e. The van der Waals surface area contributed by atoms with Gasteiger partial charge in [-0.05, 0) is 48.9 Å². The minimum absolute atomic E-state index is 0.213. The lowest BCUT2D eigenvalue weighted by Crippen LogP contribution is -2.09. The molecule has 4 rings (SSSR count). The van der Waals surface area contributed by atoms with Crippen LogP contribution in [0.2, 0.25) is 0 Å². The summed E-state index contributed by atoms with van der Waals surface area (Å²) in [7, 11) is 0. The number of hydrogen-bond acceptors (Lipinski definition) is 2. The molecule has 0 saturated carbocycles. The van der Waals surface area contributed by atoms with Crippen LogP contribution in [0.4, 0.5) is 0 Å². The number of aromatic nitrogens is 2. The summed E-state index contributed by atoms with van der Waals surface area (Å²) in [6.45, 7) is 0. The van der Waals surface area contributed by atoms with Crippen LogP contribution in [0, 0.1) is 0 Å². The number of aromatic carboxylic acids is 1. The number of pyridine rings is 1. The van der Waals surface area contributed by atoms with E-state index < -0.39 is 5.97 Å². The monoisotopic (exact) mass is 318 g/mol. The maximum absolute atomic E-state index is 11.3. The van der Waals surface area contributed by atoms with Gasteiger partial charge >= 0.3 is 5.97 Å². The fraction of sp³-hybridized carbons (Fsp3) is 0.200. The van der Waals surface area contributed by atoms with Gasteiger partial charge in [0, 0.05) is 11.9 Å². The normalized spacial score (nSPS) is 13.5. The molecule has 2 heterocycles. The van der Waals surface area contributed by atoms with Crippen LogP contribution in [0.25, 0.3) is 16.9 Å². The number of benzene rings is 1. The number of fused-ring (bicyclic) bond motifs is 1. The van der Waals surface area contributed by atoms with Gasteiger partial charge in [-0.3, -0.25) is 4.98 Å². The second kappa shape index (κ2) is 5.96. The Balaban J connectivity index is 1.95. The quantitative estimate of drug-likeness (QED) is 0.790. The lowest BCUT2D eigenvalue weighted by Gasteiger charge is -2.17. The SMILES string of the molecule is O=C(O)c1cncc(-n2c(-c3ccccc3)cc3c2CCCC3)c1. The van der Waals surface area contributed by atoms with Gasteiger partial charge in [0.05, 0.1) is 23.1 Å². The number of nitrogens with zero attached hydrogens (tertiary/aromatic N) is 2. The Kier molecular flexibility index (Phi) is 3.65. The minimum atomic E-state index is -0.952. The second-order valence-corrected chi connectivity index (χ2v) is 6.15. The van der Waals surface area contributed by atoms with Crippen molar-refractivity contribution in [1.29, 1.82) is 0 Å². The van der Waals surface area contributed by atoms with Crippen molar-refractivity contribution < 1.29 is 9.90 Å². The van der Waals surface area contributed by atoms with E-state index in [9.17, 15) is 9.90 Å². The molecule has 1 aromatic carbocycles. The van der Waals surface area contributed by atoms with E-state index in [1.807, 2.05) is 18.2 Å². The van der Waals surface area contributed by atoms with Crippen molar-refractivity contribution in [3.05, 3.63) is 71.7 Å². The van der Waals surface area contributed by atoms with Crippen LogP contribution < -0.4 is 0 Å². The van der Waals surface area contributed by atoms with E-state index in [0.29, 0.717) is 0 Å². The highest BCUT2D eigenvalue weighted by Gasteiger charge is 2.20. The third kappa shape index (κ3) is 2.50. The average molecular weight is 318 g/mol. The molecule has 3 aromatic rings. The van der Waals surface area contributed by atoms with E-state index in [4.69, 9.17) is 0 Å². The van der Waals surface area contributed by atoms with Crippen LogP contribution in [-0.2, 0) is 12.8 Å². The van der Waals surface area contributed by atoms with Crippen LogP contribution in [0.15, 0.2) is 54.9 Å². The summed E-state index contributed by atoms with van der Waals surface area (Å²) in [6.07, 6.45) is 7.60. The first-order chi connectivity index (χ1) is 11.7. The number of hydrogen-bond donors (Lipinski definition) is 1. The van der Waals surface area contributed by atoms with Crippen molar-refractivity contribution in [2.45, 2.75) is 25.7 Å². The fourth-order valence-electron chi connectivity index (χ4n) is 3.48. The molecular weight excluding hydrogens is 300 g/mol. The third-order valence-corrected chi connectivity index (χ3v) is 4.60. The first-order valence-electron chi connectivity index (χ1n) is 8.21. The summed E-state index contributed by atoms with van der Waals surface area (Å²) in [4.78, 5) is 15.5. The molecule has 4 heteroatoms. The Hall–Kier alpha value is -2.88. The molecule has 1 aliphatic carbocycles. The van der Waals surface area contributed by atoms with Gasteiger partial charge in [-0.1, -0.05) is 30.3 Å². The van der Waals surface area contributed by atoms with Gasteiger partial charge in [0.25, 0.3) is 0 Å². The molecule has 24 heavy (non-hydrogen) atoms. The van der Waals surface area contributed by atoms with Gasteiger partial charge in [-0.25, -0.2) is 4.79 Å². The predicted octanol–water partition coefficient (Wildman–Crippen LogP) is 4.12. The lowest BCUT2D eigenvalue weighted by molar-refractivity contribution is 0.0696. The van der Waals surface area contributed by atoms with Gasteiger partial charge in [0.1, 0.15) is 0 Å². The van der Waals surface area contributed by atoms with Crippen LogP contribution in [0.5, 0.6) is 0 Å². The summed E-state index contributed by atoms with van der Waals surface area (Å²) in [6, 6.07) is 14.2. The number of carbonyl (C=O) groups is 1. The number of carboxylic acid groups (broad SMARTS) is 1. The van der Waals surface area contributed by atoms with Crippen LogP contribution in [-0.4, -0.2) is 20.6 Å². The van der Waals surface area contributed by atoms with Crippen LogP contribution >= 0.6 is 0 Å². The summed E-state index contributed by atoms with van der Waals surface area (Å²) in [5, 5.41) is 9.28. The smallest absolute Gasteiger partial charge is 0.337 e. The third-order valence-electron chi connectivity index (χ3n) is 4.60. The Morgan fingerprint density at radius 2 is 1.83 bits per heavy atom. The van der Waals surface area contributed by atoms with Crippen LogP contribution in [0.1, 0.15) is 34.5 Å². The first kappa shape index (κ1) is 14.7. The molecule has 0 radical (unpaired) electrons. The van der Waals surface area contributed by atoms with Gasteiger partial charge in [-0.15, -0.1) is 0 Å². The minimum Gasteiger partial charge on any atom is -0.478 e. The van der Waals surface area contributed by atoms with E-state index in [1.54, 1.807) is 12.3 Å². The van der Waals surface area contributed by atoms with Gasteiger partial charge in [0.2, 0.25) is 0 Å². The lowest BCUT2D eigenvalue weighted by atomic mass is 9.98. The zero-order chi connectivity index (χ0) is 16.5. The molecule has 2 aromatic heterocycles. The molecule has 0 bridgehead atoms. The zero-order valence-corrected chi connectivity index (χ0v) is 13.3. The van der Waals surface area contributed by atoms with Crippen molar-refractivity contribution in [2.75, 3.05) is 0 Å². The molecule has 0 saturated heterocycles. The molecule has 0 aliphatic heterocycles. The molecule has 1 aliphatic rings. The highest BCUT2D eigenvalue weighted by atomic mass is 16.4. The van der Waals surface area contributed by atoms with E-state index >= 15 is 0 Å². The van der Waals surface area contributed by atoms with E-state index in [-0.39, 0.29) is 5.56 Å². The summed E-state index contributed by atoms with van der Waals surface area (Å²) >= 11 is 0. The van der Waals surface area contributed by atoms with Crippen molar-refractivity contribution in [2.24, 2.45) is 0 Å². The van der Waals surface area contributed by atoms with E-state index in [0.717, 1.165) is 36.2 Å². The number of rotatable bonds is 3.